The number of para-hydroxylation sites is 1. The third-order valence-corrected chi connectivity index (χ3v) is 5.38. The molecule has 1 saturated heterocycles. The lowest BCUT2D eigenvalue weighted by Crippen LogP contribution is -2.30. The van der Waals surface area contributed by atoms with Crippen LogP contribution >= 0.6 is 0 Å². The minimum absolute atomic E-state index is 0.0623. The van der Waals surface area contributed by atoms with Crippen molar-refractivity contribution in [2.75, 3.05) is 23.3 Å². The molecule has 2 aromatic carbocycles. The Hall–Kier alpha value is -3.15. The first kappa shape index (κ1) is 21.6. The van der Waals surface area contributed by atoms with E-state index in [4.69, 9.17) is 0 Å². The van der Waals surface area contributed by atoms with Crippen molar-refractivity contribution in [1.82, 2.24) is 5.32 Å². The molecule has 3 amide bonds. The van der Waals surface area contributed by atoms with Gasteiger partial charge in [0, 0.05) is 25.2 Å². The van der Waals surface area contributed by atoms with Gasteiger partial charge in [0.25, 0.3) is 5.91 Å². The largest absolute Gasteiger partial charge is 0.352 e. The van der Waals surface area contributed by atoms with Crippen LogP contribution in [0.15, 0.2) is 42.5 Å². The highest BCUT2D eigenvalue weighted by Crippen LogP contribution is 2.29. The molecule has 1 unspecified atom stereocenters. The molecule has 0 saturated carbocycles. The van der Waals surface area contributed by atoms with Crippen LogP contribution in [0.5, 0.6) is 0 Å². The van der Waals surface area contributed by atoms with E-state index in [1.807, 2.05) is 32.0 Å². The Labute approximate surface area is 177 Å². The first-order valence-electron chi connectivity index (χ1n) is 10.5. The lowest BCUT2D eigenvalue weighted by molar-refractivity contribution is -0.122. The maximum absolute atomic E-state index is 12.9. The molecule has 1 atom stereocenters. The number of nitrogens with zero attached hydrogens (tertiary/aromatic N) is 1. The molecule has 1 aliphatic heterocycles. The SMILES string of the molecule is CCCCNC(=O)c1ccccc1NC(=O)C1CC(=O)N(c2ccc(C)cc2C)C1. The number of benzene rings is 2. The second-order valence-corrected chi connectivity index (χ2v) is 7.84. The van der Waals surface area contributed by atoms with Crippen LogP contribution < -0.4 is 15.5 Å². The van der Waals surface area contributed by atoms with Gasteiger partial charge in [-0.25, -0.2) is 0 Å². The Bertz CT molecular complexity index is 954. The first-order valence-corrected chi connectivity index (χ1v) is 10.5. The molecule has 0 spiro atoms. The maximum atomic E-state index is 12.9. The number of anilines is 2. The molecule has 6 heteroatoms. The molecule has 0 radical (unpaired) electrons. The third-order valence-electron chi connectivity index (χ3n) is 5.38. The van der Waals surface area contributed by atoms with Crippen LogP contribution in [0.4, 0.5) is 11.4 Å². The van der Waals surface area contributed by atoms with Gasteiger partial charge in [-0.1, -0.05) is 43.2 Å². The molecule has 30 heavy (non-hydrogen) atoms. The summed E-state index contributed by atoms with van der Waals surface area (Å²) in [7, 11) is 0. The average molecular weight is 408 g/mol. The number of rotatable bonds is 7. The lowest BCUT2D eigenvalue weighted by Gasteiger charge is -2.19. The van der Waals surface area contributed by atoms with Gasteiger partial charge in [-0.3, -0.25) is 14.4 Å². The van der Waals surface area contributed by atoms with Gasteiger partial charge >= 0.3 is 0 Å². The van der Waals surface area contributed by atoms with Crippen LogP contribution in [0.2, 0.25) is 0 Å². The van der Waals surface area contributed by atoms with Crippen LogP contribution in [0.3, 0.4) is 0 Å². The number of carbonyl (C=O) groups is 3. The molecule has 0 aromatic heterocycles. The molecule has 2 aromatic rings. The summed E-state index contributed by atoms with van der Waals surface area (Å²) in [5.41, 5.74) is 3.88. The van der Waals surface area contributed by atoms with E-state index in [9.17, 15) is 14.4 Å². The predicted octanol–water partition coefficient (Wildman–Crippen LogP) is 3.82. The number of hydrogen-bond donors (Lipinski definition) is 2. The number of nitrogens with one attached hydrogen (secondary N) is 2. The van der Waals surface area contributed by atoms with Gasteiger partial charge in [0.05, 0.1) is 17.2 Å². The zero-order valence-corrected chi connectivity index (χ0v) is 17.8. The van der Waals surface area contributed by atoms with Crippen LogP contribution in [-0.4, -0.2) is 30.8 Å². The molecule has 1 fully saturated rings. The van der Waals surface area contributed by atoms with Crippen molar-refractivity contribution in [2.24, 2.45) is 5.92 Å². The number of carbonyl (C=O) groups excluding carboxylic acids is 3. The van der Waals surface area contributed by atoms with Gasteiger partial charge in [-0.05, 0) is 44.0 Å². The summed E-state index contributed by atoms with van der Waals surface area (Å²) >= 11 is 0. The summed E-state index contributed by atoms with van der Waals surface area (Å²) in [5, 5.41) is 5.74. The Balaban J connectivity index is 1.70. The molecular formula is C24H29N3O3. The van der Waals surface area contributed by atoms with Crippen LogP contribution in [0.25, 0.3) is 0 Å². The zero-order valence-electron chi connectivity index (χ0n) is 17.8. The Morgan fingerprint density at radius 1 is 1.13 bits per heavy atom. The number of aryl methyl sites for hydroxylation is 2. The van der Waals surface area contributed by atoms with Crippen molar-refractivity contribution in [3.63, 3.8) is 0 Å². The van der Waals surface area contributed by atoms with Crippen LogP contribution in [-0.2, 0) is 9.59 Å². The Kier molecular flexibility index (Phi) is 6.87. The van der Waals surface area contributed by atoms with Crippen LogP contribution in [0, 0.1) is 19.8 Å². The second-order valence-electron chi connectivity index (χ2n) is 7.84. The Morgan fingerprint density at radius 2 is 1.90 bits per heavy atom. The Morgan fingerprint density at radius 3 is 2.63 bits per heavy atom. The molecule has 0 bridgehead atoms. The monoisotopic (exact) mass is 407 g/mol. The highest BCUT2D eigenvalue weighted by Gasteiger charge is 2.36. The molecule has 0 aliphatic carbocycles. The molecule has 1 heterocycles. The smallest absolute Gasteiger partial charge is 0.253 e. The van der Waals surface area contributed by atoms with E-state index >= 15 is 0 Å². The molecule has 3 rings (SSSR count). The lowest BCUT2D eigenvalue weighted by atomic mass is 10.1. The average Bonchev–Trinajstić information content (AvgIpc) is 3.10. The quantitative estimate of drug-likeness (QED) is 0.685. The summed E-state index contributed by atoms with van der Waals surface area (Å²) in [6.45, 7) is 6.97. The third kappa shape index (κ3) is 4.87. The van der Waals surface area contributed by atoms with Crippen molar-refractivity contribution in [3.8, 4) is 0 Å². The van der Waals surface area contributed by atoms with Gasteiger partial charge in [0.2, 0.25) is 11.8 Å². The second kappa shape index (κ2) is 9.57. The summed E-state index contributed by atoms with van der Waals surface area (Å²) in [5.74, 6) is -0.981. The fourth-order valence-electron chi connectivity index (χ4n) is 3.72. The fraction of sp³-hybridized carbons (Fsp3) is 0.375. The zero-order chi connectivity index (χ0) is 21.7. The molecule has 6 nitrogen and oxygen atoms in total. The fourth-order valence-corrected chi connectivity index (χ4v) is 3.72. The number of unbranched alkanes of at least 4 members (excludes halogenated alkanes) is 1. The minimum Gasteiger partial charge on any atom is -0.352 e. The van der Waals surface area contributed by atoms with Crippen molar-refractivity contribution in [3.05, 3.63) is 59.2 Å². The van der Waals surface area contributed by atoms with Crippen molar-refractivity contribution in [1.29, 1.82) is 0 Å². The van der Waals surface area contributed by atoms with Gasteiger partial charge in [-0.2, -0.15) is 0 Å². The maximum Gasteiger partial charge on any atom is 0.253 e. The van der Waals surface area contributed by atoms with Crippen molar-refractivity contribution >= 4 is 29.1 Å². The summed E-state index contributed by atoms with van der Waals surface area (Å²) in [6.07, 6.45) is 2.05. The summed E-state index contributed by atoms with van der Waals surface area (Å²) in [4.78, 5) is 39.6. The van der Waals surface area contributed by atoms with Crippen LogP contribution in [0.1, 0.15) is 47.7 Å². The highest BCUT2D eigenvalue weighted by molar-refractivity contribution is 6.07. The normalized spacial score (nSPS) is 15.9. The van der Waals surface area contributed by atoms with Crippen molar-refractivity contribution in [2.45, 2.75) is 40.0 Å². The predicted molar refractivity (Wildman–Crippen MR) is 119 cm³/mol. The van der Waals surface area contributed by atoms with Crippen molar-refractivity contribution < 1.29 is 14.4 Å². The van der Waals surface area contributed by atoms with E-state index in [2.05, 4.69) is 17.6 Å². The molecule has 158 valence electrons. The number of amides is 3. The molecule has 2 N–H and O–H groups in total. The van der Waals surface area contributed by atoms with E-state index in [1.54, 1.807) is 29.2 Å². The van der Waals surface area contributed by atoms with E-state index in [0.717, 1.165) is 29.7 Å². The van der Waals surface area contributed by atoms with E-state index in [0.29, 0.717) is 24.3 Å². The van der Waals surface area contributed by atoms with Gasteiger partial charge in [-0.15, -0.1) is 0 Å². The standard InChI is InChI=1S/C24H29N3O3/c1-4-5-12-25-24(30)19-8-6-7-9-20(19)26-23(29)18-14-22(28)27(15-18)21-11-10-16(2)13-17(21)3/h6-11,13,18H,4-5,12,14-15H2,1-3H3,(H,25,30)(H,26,29). The van der Waals surface area contributed by atoms with E-state index in [-0.39, 0.29) is 24.1 Å². The number of hydrogen-bond acceptors (Lipinski definition) is 3. The summed E-state index contributed by atoms with van der Waals surface area (Å²) < 4.78 is 0. The topological polar surface area (TPSA) is 78.5 Å². The highest BCUT2D eigenvalue weighted by atomic mass is 16.2. The van der Waals surface area contributed by atoms with Gasteiger partial charge in [0.1, 0.15) is 0 Å². The minimum atomic E-state index is -0.464. The van der Waals surface area contributed by atoms with Gasteiger partial charge in [0.15, 0.2) is 0 Å². The van der Waals surface area contributed by atoms with Gasteiger partial charge < -0.3 is 15.5 Å². The molecule has 1 aliphatic rings. The van der Waals surface area contributed by atoms with E-state index < -0.39 is 5.92 Å². The first-order chi connectivity index (χ1) is 14.4. The summed E-state index contributed by atoms with van der Waals surface area (Å²) in [6, 6.07) is 12.9. The molecular weight excluding hydrogens is 378 g/mol. The van der Waals surface area contributed by atoms with E-state index in [1.165, 1.54) is 0 Å².